The van der Waals surface area contributed by atoms with Crippen molar-refractivity contribution in [2.24, 2.45) is 0 Å². The van der Waals surface area contributed by atoms with Crippen LogP contribution < -0.4 is 20.1 Å². The zero-order valence-corrected chi connectivity index (χ0v) is 16.3. The molecule has 7 nitrogen and oxygen atoms in total. The summed E-state index contributed by atoms with van der Waals surface area (Å²) in [5.41, 5.74) is 1.67. The van der Waals surface area contributed by atoms with Crippen molar-refractivity contribution in [3.8, 4) is 11.5 Å². The second-order valence-corrected chi connectivity index (χ2v) is 7.04. The van der Waals surface area contributed by atoms with Gasteiger partial charge in [-0.15, -0.1) is 11.3 Å². The Kier molecular flexibility index (Phi) is 6.05. The molecule has 0 fully saturated rings. The predicted molar refractivity (Wildman–Crippen MR) is 106 cm³/mol. The molecule has 0 aliphatic heterocycles. The van der Waals surface area contributed by atoms with Gasteiger partial charge in [0.25, 0.3) is 5.91 Å². The van der Waals surface area contributed by atoms with Crippen LogP contribution in [0.5, 0.6) is 11.5 Å². The molecule has 2 heterocycles. The molecule has 9 heteroatoms. The first-order valence-corrected chi connectivity index (χ1v) is 9.71. The van der Waals surface area contributed by atoms with Crippen LogP contribution in [0, 0.1) is 0 Å². The quantitative estimate of drug-likeness (QED) is 0.628. The van der Waals surface area contributed by atoms with Crippen LogP contribution in [0.2, 0.25) is 0 Å². The maximum absolute atomic E-state index is 12.3. The largest absolute Gasteiger partial charge is 0.497 e. The van der Waals surface area contributed by atoms with Gasteiger partial charge in [0.15, 0.2) is 5.13 Å². The summed E-state index contributed by atoms with van der Waals surface area (Å²) in [4.78, 5) is 28.7. The van der Waals surface area contributed by atoms with E-state index in [-0.39, 0.29) is 18.2 Å². The van der Waals surface area contributed by atoms with Crippen LogP contribution in [0.3, 0.4) is 0 Å². The molecule has 0 unspecified atom stereocenters. The Bertz CT molecular complexity index is 938. The van der Waals surface area contributed by atoms with E-state index < -0.39 is 0 Å². The third-order valence-electron chi connectivity index (χ3n) is 3.58. The van der Waals surface area contributed by atoms with E-state index >= 15 is 0 Å². The summed E-state index contributed by atoms with van der Waals surface area (Å²) in [7, 11) is 3.08. The smallest absolute Gasteiger partial charge is 0.258 e. The van der Waals surface area contributed by atoms with Crippen molar-refractivity contribution < 1.29 is 19.1 Å². The third-order valence-corrected chi connectivity index (χ3v) is 5.07. The lowest BCUT2D eigenvalue weighted by atomic mass is 10.2. The molecule has 0 spiro atoms. The first-order chi connectivity index (χ1) is 13.1. The highest BCUT2D eigenvalue weighted by atomic mass is 32.1. The molecule has 2 amide bonds. The van der Waals surface area contributed by atoms with Crippen molar-refractivity contribution in [1.82, 2.24) is 4.98 Å². The Hall–Kier alpha value is -2.91. The van der Waals surface area contributed by atoms with Crippen LogP contribution in [0.15, 0.2) is 40.4 Å². The number of aromatic nitrogens is 1. The Morgan fingerprint density at radius 3 is 2.67 bits per heavy atom. The van der Waals surface area contributed by atoms with Crippen LogP contribution >= 0.6 is 22.7 Å². The first kappa shape index (κ1) is 18.9. The van der Waals surface area contributed by atoms with E-state index in [9.17, 15) is 9.59 Å². The van der Waals surface area contributed by atoms with E-state index in [1.807, 2.05) is 5.38 Å². The number of thiazole rings is 1. The molecule has 0 aliphatic rings. The van der Waals surface area contributed by atoms with Crippen LogP contribution in [-0.2, 0) is 11.2 Å². The maximum Gasteiger partial charge on any atom is 0.258 e. The number of nitrogens with one attached hydrogen (secondary N) is 2. The van der Waals surface area contributed by atoms with E-state index in [0.29, 0.717) is 33.6 Å². The minimum absolute atomic E-state index is 0.0746. The number of ether oxygens (including phenoxy) is 2. The fraction of sp³-hybridized carbons (Fsp3) is 0.167. The van der Waals surface area contributed by atoms with E-state index in [1.165, 1.54) is 29.8 Å². The summed E-state index contributed by atoms with van der Waals surface area (Å²) in [5, 5.41) is 11.3. The second kappa shape index (κ2) is 8.65. The highest BCUT2D eigenvalue weighted by Crippen LogP contribution is 2.29. The number of hydrogen-bond donors (Lipinski definition) is 2. The van der Waals surface area contributed by atoms with Gasteiger partial charge in [0.1, 0.15) is 11.5 Å². The van der Waals surface area contributed by atoms with E-state index in [0.717, 1.165) is 0 Å². The number of carbonyl (C=O) groups is 2. The maximum atomic E-state index is 12.3. The Labute approximate surface area is 164 Å². The Balaban J connectivity index is 1.62. The number of amides is 2. The highest BCUT2D eigenvalue weighted by Gasteiger charge is 2.13. The number of hydrogen-bond acceptors (Lipinski definition) is 7. The van der Waals surface area contributed by atoms with Gasteiger partial charge in [-0.25, -0.2) is 4.98 Å². The van der Waals surface area contributed by atoms with Gasteiger partial charge in [-0.3, -0.25) is 14.9 Å². The van der Waals surface area contributed by atoms with Gasteiger partial charge in [-0.05, 0) is 23.6 Å². The number of benzene rings is 1. The van der Waals surface area contributed by atoms with Gasteiger partial charge in [0.05, 0.1) is 37.6 Å². The van der Waals surface area contributed by atoms with Crippen molar-refractivity contribution in [1.29, 1.82) is 0 Å². The normalized spacial score (nSPS) is 10.3. The Morgan fingerprint density at radius 1 is 1.11 bits per heavy atom. The second-order valence-electron chi connectivity index (χ2n) is 5.40. The SMILES string of the molecule is COc1ccc(OC)c(NC(=O)Cc2csc(NC(=O)c3ccsc3)n2)c1. The van der Waals surface area contributed by atoms with Crippen LogP contribution in [0.4, 0.5) is 10.8 Å². The number of methoxy groups -OCH3 is 2. The number of carbonyl (C=O) groups excluding carboxylic acids is 2. The highest BCUT2D eigenvalue weighted by molar-refractivity contribution is 7.14. The van der Waals surface area contributed by atoms with E-state index in [4.69, 9.17) is 9.47 Å². The topological polar surface area (TPSA) is 89.5 Å². The van der Waals surface area contributed by atoms with Gasteiger partial charge >= 0.3 is 0 Å². The van der Waals surface area contributed by atoms with Crippen molar-refractivity contribution in [3.63, 3.8) is 0 Å². The third kappa shape index (κ3) is 4.83. The zero-order valence-electron chi connectivity index (χ0n) is 14.6. The van der Waals surface area contributed by atoms with E-state index in [1.54, 1.807) is 42.1 Å². The standard InChI is InChI=1S/C18H17N3O4S2/c1-24-13-3-4-15(25-2)14(8-13)20-16(22)7-12-10-27-18(19-12)21-17(23)11-5-6-26-9-11/h3-6,8-10H,7H2,1-2H3,(H,20,22)(H,19,21,23). The van der Waals surface area contributed by atoms with Crippen molar-refractivity contribution >= 4 is 45.3 Å². The van der Waals surface area contributed by atoms with Gasteiger partial charge in [-0.2, -0.15) is 11.3 Å². The monoisotopic (exact) mass is 403 g/mol. The average molecular weight is 403 g/mol. The molecule has 3 aromatic rings. The number of nitrogens with zero attached hydrogens (tertiary/aromatic N) is 1. The first-order valence-electron chi connectivity index (χ1n) is 7.89. The van der Waals surface area contributed by atoms with Crippen LogP contribution in [-0.4, -0.2) is 31.0 Å². The molecule has 0 aliphatic carbocycles. The lowest BCUT2D eigenvalue weighted by Gasteiger charge is -2.11. The molecule has 0 bridgehead atoms. The lowest BCUT2D eigenvalue weighted by Crippen LogP contribution is -2.15. The molecule has 140 valence electrons. The zero-order chi connectivity index (χ0) is 19.2. The summed E-state index contributed by atoms with van der Waals surface area (Å²) in [5.74, 6) is 0.676. The predicted octanol–water partition coefficient (Wildman–Crippen LogP) is 3.66. The lowest BCUT2D eigenvalue weighted by molar-refractivity contribution is -0.115. The molecular weight excluding hydrogens is 386 g/mol. The number of thiophene rings is 1. The summed E-state index contributed by atoms with van der Waals surface area (Å²) >= 11 is 2.72. The summed E-state index contributed by atoms with van der Waals surface area (Å²) in [6, 6.07) is 6.89. The molecule has 0 saturated heterocycles. The van der Waals surface area contributed by atoms with Gasteiger partial charge in [-0.1, -0.05) is 0 Å². The molecule has 0 radical (unpaired) electrons. The van der Waals surface area contributed by atoms with E-state index in [2.05, 4.69) is 15.6 Å². The molecule has 0 atom stereocenters. The molecule has 27 heavy (non-hydrogen) atoms. The molecular formula is C18H17N3O4S2. The minimum Gasteiger partial charge on any atom is -0.497 e. The van der Waals surface area contributed by atoms with Gasteiger partial charge in [0.2, 0.25) is 5.91 Å². The van der Waals surface area contributed by atoms with Gasteiger partial charge in [0, 0.05) is 16.8 Å². The molecule has 3 rings (SSSR count). The fourth-order valence-electron chi connectivity index (χ4n) is 2.28. The Morgan fingerprint density at radius 2 is 1.96 bits per heavy atom. The van der Waals surface area contributed by atoms with Crippen LogP contribution in [0.25, 0.3) is 0 Å². The summed E-state index contributed by atoms with van der Waals surface area (Å²) < 4.78 is 10.4. The van der Waals surface area contributed by atoms with Crippen molar-refractivity contribution in [2.75, 3.05) is 24.9 Å². The molecule has 2 aromatic heterocycles. The number of rotatable bonds is 7. The van der Waals surface area contributed by atoms with Crippen molar-refractivity contribution in [3.05, 3.63) is 51.7 Å². The fourth-order valence-corrected chi connectivity index (χ4v) is 3.62. The average Bonchev–Trinajstić information content (AvgIpc) is 3.33. The minimum atomic E-state index is -0.248. The van der Waals surface area contributed by atoms with Gasteiger partial charge < -0.3 is 14.8 Å². The summed E-state index contributed by atoms with van der Waals surface area (Å²) in [6.07, 6.45) is 0.0746. The summed E-state index contributed by atoms with van der Waals surface area (Å²) in [6.45, 7) is 0. The number of anilines is 2. The molecule has 0 saturated carbocycles. The van der Waals surface area contributed by atoms with Crippen LogP contribution in [0.1, 0.15) is 16.1 Å². The molecule has 1 aromatic carbocycles. The molecule has 2 N–H and O–H groups in total. The van der Waals surface area contributed by atoms with Crippen molar-refractivity contribution in [2.45, 2.75) is 6.42 Å².